The fourth-order valence-electron chi connectivity index (χ4n) is 3.73. The quantitative estimate of drug-likeness (QED) is 0.827. The van der Waals surface area contributed by atoms with Crippen molar-refractivity contribution in [2.75, 3.05) is 36.4 Å². The molecule has 0 bridgehead atoms. The number of piperidine rings is 1. The summed E-state index contributed by atoms with van der Waals surface area (Å²) in [5, 5.41) is 16.1. The lowest BCUT2D eigenvalue weighted by atomic mass is 10.0. The predicted octanol–water partition coefficient (Wildman–Crippen LogP) is 1.89. The highest BCUT2D eigenvalue weighted by Crippen LogP contribution is 2.22. The Bertz CT molecular complexity index is 718. The zero-order valence-electron chi connectivity index (χ0n) is 15.1. The van der Waals surface area contributed by atoms with E-state index in [-0.39, 0.29) is 6.04 Å². The summed E-state index contributed by atoms with van der Waals surface area (Å²) in [5.74, 6) is 1.62. The molecule has 2 aliphatic rings. The molecule has 0 radical (unpaired) electrons. The van der Waals surface area contributed by atoms with Crippen LogP contribution in [0.5, 0.6) is 0 Å². The molecule has 0 spiro atoms. The number of anilines is 2. The van der Waals surface area contributed by atoms with Crippen LogP contribution in [0.25, 0.3) is 0 Å². The summed E-state index contributed by atoms with van der Waals surface area (Å²) in [6, 6.07) is 1.98. The van der Waals surface area contributed by atoms with E-state index in [1.165, 1.54) is 12.8 Å². The standard InChI is InChI=1S/C18H26N6OS/c1-13-8-17(22-18(20-13)24-5-2-3-6-24)21-15-4-7-23(10-16(15)25)9-14-11-26-12-19-14/h8,11-12,15-16,25H,2-7,9-10H2,1H3,(H,20,21,22)/t15-,16-/m1/s1. The van der Waals surface area contributed by atoms with Gasteiger partial charge in [-0.05, 0) is 26.2 Å². The van der Waals surface area contributed by atoms with Crippen LogP contribution < -0.4 is 10.2 Å². The largest absolute Gasteiger partial charge is 0.390 e. The molecule has 4 heterocycles. The molecule has 2 N–H and O–H groups in total. The monoisotopic (exact) mass is 374 g/mol. The van der Waals surface area contributed by atoms with E-state index in [0.29, 0.717) is 6.54 Å². The predicted molar refractivity (Wildman–Crippen MR) is 104 cm³/mol. The van der Waals surface area contributed by atoms with Gasteiger partial charge in [-0.15, -0.1) is 11.3 Å². The summed E-state index contributed by atoms with van der Waals surface area (Å²) in [7, 11) is 0. The first-order valence-electron chi connectivity index (χ1n) is 9.32. The number of aliphatic hydroxyl groups is 1. The highest BCUT2D eigenvalue weighted by Gasteiger charge is 2.28. The molecule has 0 amide bonds. The van der Waals surface area contributed by atoms with E-state index >= 15 is 0 Å². The van der Waals surface area contributed by atoms with Crippen molar-refractivity contribution in [2.45, 2.75) is 44.9 Å². The summed E-state index contributed by atoms with van der Waals surface area (Å²) in [4.78, 5) is 18.1. The van der Waals surface area contributed by atoms with Crippen LogP contribution in [0.4, 0.5) is 11.8 Å². The highest BCUT2D eigenvalue weighted by molar-refractivity contribution is 7.07. The summed E-state index contributed by atoms with van der Waals surface area (Å²) in [6.45, 7) is 6.45. The van der Waals surface area contributed by atoms with Gasteiger partial charge in [-0.25, -0.2) is 9.97 Å². The Kier molecular flexibility index (Phi) is 5.33. The van der Waals surface area contributed by atoms with Crippen molar-refractivity contribution in [3.05, 3.63) is 28.3 Å². The van der Waals surface area contributed by atoms with Gasteiger partial charge in [0.15, 0.2) is 0 Å². The van der Waals surface area contributed by atoms with E-state index in [1.807, 2.05) is 18.5 Å². The van der Waals surface area contributed by atoms with Gasteiger partial charge < -0.3 is 15.3 Å². The van der Waals surface area contributed by atoms with Crippen molar-refractivity contribution in [3.8, 4) is 0 Å². The summed E-state index contributed by atoms with van der Waals surface area (Å²) < 4.78 is 0. The summed E-state index contributed by atoms with van der Waals surface area (Å²) in [5.41, 5.74) is 3.89. The van der Waals surface area contributed by atoms with Gasteiger partial charge in [0.05, 0.1) is 23.4 Å². The van der Waals surface area contributed by atoms with Crippen molar-refractivity contribution in [2.24, 2.45) is 0 Å². The van der Waals surface area contributed by atoms with E-state index in [2.05, 4.69) is 30.5 Å². The molecule has 0 saturated carbocycles. The smallest absolute Gasteiger partial charge is 0.227 e. The lowest BCUT2D eigenvalue weighted by Gasteiger charge is -2.36. The Morgan fingerprint density at radius 2 is 2.12 bits per heavy atom. The number of hydrogen-bond acceptors (Lipinski definition) is 8. The van der Waals surface area contributed by atoms with Crippen LogP contribution in [0.3, 0.4) is 0 Å². The number of nitrogens with one attached hydrogen (secondary N) is 1. The van der Waals surface area contributed by atoms with Crippen molar-refractivity contribution >= 4 is 23.1 Å². The van der Waals surface area contributed by atoms with E-state index in [4.69, 9.17) is 4.98 Å². The van der Waals surface area contributed by atoms with Gasteiger partial charge in [-0.1, -0.05) is 0 Å². The van der Waals surface area contributed by atoms with Crippen LogP contribution in [-0.4, -0.2) is 63.3 Å². The van der Waals surface area contributed by atoms with Crippen LogP contribution in [-0.2, 0) is 6.54 Å². The second kappa shape index (κ2) is 7.85. The topological polar surface area (TPSA) is 77.4 Å². The normalized spacial score (nSPS) is 24.2. The van der Waals surface area contributed by atoms with Gasteiger partial charge >= 0.3 is 0 Å². The van der Waals surface area contributed by atoms with Crippen molar-refractivity contribution < 1.29 is 5.11 Å². The fourth-order valence-corrected chi connectivity index (χ4v) is 4.28. The third-order valence-corrected chi connectivity index (χ3v) is 5.73. The number of nitrogens with zero attached hydrogens (tertiary/aromatic N) is 5. The Labute approximate surface area is 158 Å². The van der Waals surface area contributed by atoms with Crippen LogP contribution >= 0.6 is 11.3 Å². The van der Waals surface area contributed by atoms with Gasteiger partial charge in [0, 0.05) is 49.9 Å². The zero-order chi connectivity index (χ0) is 17.9. The Morgan fingerprint density at radius 3 is 2.85 bits per heavy atom. The number of rotatable bonds is 5. The van der Waals surface area contributed by atoms with E-state index in [1.54, 1.807) is 11.3 Å². The van der Waals surface area contributed by atoms with E-state index in [9.17, 15) is 5.11 Å². The number of aryl methyl sites for hydroxylation is 1. The van der Waals surface area contributed by atoms with Gasteiger partial charge in [0.25, 0.3) is 0 Å². The molecule has 2 aliphatic heterocycles. The lowest BCUT2D eigenvalue weighted by Crippen LogP contribution is -2.49. The van der Waals surface area contributed by atoms with Crippen molar-refractivity contribution in [3.63, 3.8) is 0 Å². The lowest BCUT2D eigenvalue weighted by molar-refractivity contribution is 0.0555. The van der Waals surface area contributed by atoms with Crippen molar-refractivity contribution in [1.82, 2.24) is 19.9 Å². The Morgan fingerprint density at radius 1 is 1.27 bits per heavy atom. The Balaban J connectivity index is 1.38. The summed E-state index contributed by atoms with van der Waals surface area (Å²) in [6.07, 6.45) is 2.87. The fraction of sp³-hybridized carbons (Fsp3) is 0.611. The van der Waals surface area contributed by atoms with Gasteiger partial charge in [0.2, 0.25) is 5.95 Å². The van der Waals surface area contributed by atoms with Crippen LogP contribution in [0.2, 0.25) is 0 Å². The molecule has 2 aromatic heterocycles. The van der Waals surface area contributed by atoms with Crippen molar-refractivity contribution in [1.29, 1.82) is 0 Å². The molecule has 7 nitrogen and oxygen atoms in total. The number of thiazole rings is 1. The molecule has 26 heavy (non-hydrogen) atoms. The zero-order valence-corrected chi connectivity index (χ0v) is 16.0. The second-order valence-electron chi connectivity index (χ2n) is 7.21. The minimum absolute atomic E-state index is 0.0161. The van der Waals surface area contributed by atoms with Crippen LogP contribution in [0.1, 0.15) is 30.7 Å². The molecule has 2 saturated heterocycles. The maximum absolute atomic E-state index is 10.6. The number of likely N-dealkylation sites (tertiary alicyclic amines) is 1. The first kappa shape index (κ1) is 17.6. The van der Waals surface area contributed by atoms with Gasteiger partial charge in [-0.3, -0.25) is 4.90 Å². The van der Waals surface area contributed by atoms with Gasteiger partial charge in [-0.2, -0.15) is 4.98 Å². The maximum Gasteiger partial charge on any atom is 0.227 e. The third-order valence-electron chi connectivity index (χ3n) is 5.10. The van der Waals surface area contributed by atoms with E-state index < -0.39 is 6.10 Å². The molecule has 2 aromatic rings. The second-order valence-corrected chi connectivity index (χ2v) is 7.93. The van der Waals surface area contributed by atoms with Gasteiger partial charge in [0.1, 0.15) is 5.82 Å². The average Bonchev–Trinajstić information content (AvgIpc) is 3.30. The van der Waals surface area contributed by atoms with Crippen LogP contribution in [0, 0.1) is 6.92 Å². The third kappa shape index (κ3) is 4.13. The Hall–Kier alpha value is -1.77. The maximum atomic E-state index is 10.6. The molecule has 2 atom stereocenters. The minimum Gasteiger partial charge on any atom is -0.390 e. The summed E-state index contributed by atoms with van der Waals surface area (Å²) >= 11 is 1.61. The molecule has 0 unspecified atom stereocenters. The SMILES string of the molecule is Cc1cc(N[C@@H]2CCN(Cc3cscn3)C[C@H]2O)nc(N2CCCC2)n1. The minimum atomic E-state index is -0.423. The molecule has 0 aromatic carbocycles. The number of aliphatic hydroxyl groups excluding tert-OH is 1. The molecule has 4 rings (SSSR count). The molecular formula is C18H26N6OS. The molecule has 8 heteroatoms. The number of β-amino-alcohol motifs (C(OH)–C–C–N with tert-alkyl or cyclic N) is 1. The first-order valence-corrected chi connectivity index (χ1v) is 10.3. The number of aromatic nitrogens is 3. The number of hydrogen-bond donors (Lipinski definition) is 2. The molecule has 0 aliphatic carbocycles. The molecule has 2 fully saturated rings. The molecule has 140 valence electrons. The highest BCUT2D eigenvalue weighted by atomic mass is 32.1. The molecular weight excluding hydrogens is 348 g/mol. The van der Waals surface area contributed by atoms with E-state index in [0.717, 1.165) is 55.8 Å². The first-order chi connectivity index (χ1) is 12.7. The van der Waals surface area contributed by atoms with Crippen LogP contribution in [0.15, 0.2) is 17.0 Å². The average molecular weight is 375 g/mol.